The highest BCUT2D eigenvalue weighted by Gasteiger charge is 2.24. The maximum atomic E-state index is 13.0. The van der Waals surface area contributed by atoms with Crippen LogP contribution in [-0.2, 0) is 11.3 Å². The third kappa shape index (κ3) is 3.74. The molecule has 2 aliphatic rings. The maximum Gasteiger partial charge on any atom is 0.253 e. The first kappa shape index (κ1) is 18.9. The van der Waals surface area contributed by atoms with Crippen LogP contribution in [0.1, 0.15) is 35.7 Å². The Hall–Kier alpha value is -2.47. The van der Waals surface area contributed by atoms with Gasteiger partial charge in [-0.15, -0.1) is 11.8 Å². The Bertz CT molecular complexity index is 908. The van der Waals surface area contributed by atoms with E-state index in [9.17, 15) is 9.59 Å². The molecule has 2 heterocycles. The van der Waals surface area contributed by atoms with Crippen LogP contribution in [-0.4, -0.2) is 42.1 Å². The summed E-state index contributed by atoms with van der Waals surface area (Å²) in [5.74, 6) is -0.0631. The van der Waals surface area contributed by atoms with Crippen molar-refractivity contribution in [3.63, 3.8) is 0 Å². The number of fused-ring (bicyclic) bond motifs is 1. The Labute approximate surface area is 170 Å². The second-order valence-electron chi connectivity index (χ2n) is 7.44. The Morgan fingerprint density at radius 2 is 1.96 bits per heavy atom. The molecule has 2 aliphatic heterocycles. The zero-order valence-electron chi connectivity index (χ0n) is 16.3. The molecule has 0 radical (unpaired) electrons. The lowest BCUT2D eigenvalue weighted by Gasteiger charge is -2.25. The fourth-order valence-electron chi connectivity index (χ4n) is 3.80. The normalized spacial score (nSPS) is 18.6. The largest absolute Gasteiger partial charge is 0.371 e. The van der Waals surface area contributed by atoms with Crippen LogP contribution < -0.4 is 10.2 Å². The summed E-state index contributed by atoms with van der Waals surface area (Å²) in [5.41, 5.74) is 3.71. The van der Waals surface area contributed by atoms with Crippen molar-refractivity contribution in [3.8, 4) is 0 Å². The second-order valence-corrected chi connectivity index (χ2v) is 8.83. The topological polar surface area (TPSA) is 52.7 Å². The van der Waals surface area contributed by atoms with Crippen LogP contribution >= 0.6 is 11.8 Å². The second kappa shape index (κ2) is 7.87. The van der Waals surface area contributed by atoms with Gasteiger partial charge in [-0.2, -0.15) is 0 Å². The molecule has 2 aromatic carbocycles. The van der Waals surface area contributed by atoms with Gasteiger partial charge in [0.2, 0.25) is 5.91 Å². The number of hydrogen-bond acceptors (Lipinski definition) is 4. The molecule has 0 aliphatic carbocycles. The van der Waals surface area contributed by atoms with Gasteiger partial charge in [0, 0.05) is 42.8 Å². The Kier molecular flexibility index (Phi) is 5.31. The molecule has 2 amide bonds. The summed E-state index contributed by atoms with van der Waals surface area (Å²) in [5, 5.41) is 2.79. The predicted molar refractivity (Wildman–Crippen MR) is 114 cm³/mol. The van der Waals surface area contributed by atoms with Crippen molar-refractivity contribution in [2.75, 3.05) is 30.4 Å². The average molecular weight is 396 g/mol. The quantitative estimate of drug-likeness (QED) is 0.850. The maximum absolute atomic E-state index is 13.0. The monoisotopic (exact) mass is 395 g/mol. The first-order valence-electron chi connectivity index (χ1n) is 9.73. The number of amides is 2. The summed E-state index contributed by atoms with van der Waals surface area (Å²) in [4.78, 5) is 30.1. The van der Waals surface area contributed by atoms with Crippen molar-refractivity contribution in [1.29, 1.82) is 0 Å². The fraction of sp³-hybridized carbons (Fsp3) is 0.364. The number of carbonyl (C=O) groups is 2. The summed E-state index contributed by atoms with van der Waals surface area (Å²) in [6.07, 6.45) is 2.45. The number of rotatable bonds is 4. The van der Waals surface area contributed by atoms with E-state index in [1.54, 1.807) is 11.0 Å². The molecule has 0 spiro atoms. The van der Waals surface area contributed by atoms with Gasteiger partial charge in [-0.3, -0.25) is 9.59 Å². The van der Waals surface area contributed by atoms with Gasteiger partial charge in [0.25, 0.3) is 5.91 Å². The minimum atomic E-state index is -0.112. The average Bonchev–Trinajstić information content (AvgIpc) is 3.23. The molecular weight excluding hydrogens is 370 g/mol. The molecular formula is C22H25N3O2S. The van der Waals surface area contributed by atoms with E-state index in [0.29, 0.717) is 12.1 Å². The number of thioether (sulfide) groups is 1. The van der Waals surface area contributed by atoms with Crippen LogP contribution in [0.3, 0.4) is 0 Å². The molecule has 1 unspecified atom stereocenters. The number of para-hydroxylation sites is 1. The van der Waals surface area contributed by atoms with E-state index in [1.807, 2.05) is 32.2 Å². The summed E-state index contributed by atoms with van der Waals surface area (Å²) in [6, 6.07) is 13.9. The summed E-state index contributed by atoms with van der Waals surface area (Å²) in [6.45, 7) is 4.60. The highest BCUT2D eigenvalue weighted by Crippen LogP contribution is 2.36. The van der Waals surface area contributed by atoms with Gasteiger partial charge in [0.05, 0.1) is 10.9 Å². The minimum absolute atomic E-state index is 0.0185. The lowest BCUT2D eigenvalue weighted by Crippen LogP contribution is -2.29. The molecule has 28 heavy (non-hydrogen) atoms. The summed E-state index contributed by atoms with van der Waals surface area (Å²) in [7, 11) is 1.83. The molecule has 5 nitrogen and oxygen atoms in total. The van der Waals surface area contributed by atoms with Gasteiger partial charge < -0.3 is 15.1 Å². The third-order valence-corrected chi connectivity index (χ3v) is 6.53. The summed E-state index contributed by atoms with van der Waals surface area (Å²) < 4.78 is 0. The number of anilines is 2. The number of carbonyl (C=O) groups excluding carboxylic acids is 2. The van der Waals surface area contributed by atoms with Crippen molar-refractivity contribution in [2.45, 2.75) is 36.5 Å². The van der Waals surface area contributed by atoms with Crippen LogP contribution in [0.15, 0.2) is 47.4 Å². The van der Waals surface area contributed by atoms with E-state index in [0.717, 1.165) is 29.2 Å². The van der Waals surface area contributed by atoms with E-state index < -0.39 is 0 Å². The summed E-state index contributed by atoms with van der Waals surface area (Å²) >= 11 is 1.52. The van der Waals surface area contributed by atoms with Crippen molar-refractivity contribution in [2.24, 2.45) is 0 Å². The smallest absolute Gasteiger partial charge is 0.253 e. The molecule has 6 heteroatoms. The fourth-order valence-corrected chi connectivity index (χ4v) is 4.73. The highest BCUT2D eigenvalue weighted by molar-refractivity contribution is 8.00. The molecule has 1 atom stereocenters. The van der Waals surface area contributed by atoms with Crippen molar-refractivity contribution in [1.82, 2.24) is 4.90 Å². The molecule has 2 aromatic rings. The van der Waals surface area contributed by atoms with Crippen molar-refractivity contribution in [3.05, 3.63) is 53.6 Å². The van der Waals surface area contributed by atoms with Crippen molar-refractivity contribution < 1.29 is 9.59 Å². The van der Waals surface area contributed by atoms with Gasteiger partial charge in [0.1, 0.15) is 0 Å². The molecule has 1 fully saturated rings. The molecule has 1 N–H and O–H groups in total. The van der Waals surface area contributed by atoms with E-state index in [1.165, 1.54) is 30.3 Å². The number of nitrogens with one attached hydrogen (secondary N) is 1. The highest BCUT2D eigenvalue weighted by atomic mass is 32.2. The van der Waals surface area contributed by atoms with Crippen LogP contribution in [0.25, 0.3) is 0 Å². The van der Waals surface area contributed by atoms with E-state index in [4.69, 9.17) is 0 Å². The van der Waals surface area contributed by atoms with Gasteiger partial charge >= 0.3 is 0 Å². The predicted octanol–water partition coefficient (Wildman–Crippen LogP) is 3.99. The zero-order valence-corrected chi connectivity index (χ0v) is 17.1. The van der Waals surface area contributed by atoms with E-state index in [2.05, 4.69) is 28.4 Å². The van der Waals surface area contributed by atoms with Crippen LogP contribution in [0.5, 0.6) is 0 Å². The number of hydrogen-bond donors (Lipinski definition) is 1. The van der Waals surface area contributed by atoms with Crippen LogP contribution in [0, 0.1) is 0 Å². The van der Waals surface area contributed by atoms with E-state index >= 15 is 0 Å². The van der Waals surface area contributed by atoms with Gasteiger partial charge in [-0.1, -0.05) is 18.2 Å². The number of nitrogens with zero attached hydrogens (tertiary/aromatic N) is 2. The molecule has 0 aromatic heterocycles. The van der Waals surface area contributed by atoms with Gasteiger partial charge in [-0.25, -0.2) is 0 Å². The third-order valence-electron chi connectivity index (χ3n) is 5.35. The lowest BCUT2D eigenvalue weighted by atomic mass is 10.1. The van der Waals surface area contributed by atoms with Gasteiger partial charge in [-0.05, 0) is 49.6 Å². The lowest BCUT2D eigenvalue weighted by molar-refractivity contribution is -0.115. The Morgan fingerprint density at radius 1 is 1.21 bits per heavy atom. The SMILES string of the molecule is CC1Sc2ccc(C(=O)N(C)Cc3ccccc3N3CCCC3)cc2NC1=O. The Morgan fingerprint density at radius 3 is 2.75 bits per heavy atom. The Balaban J connectivity index is 1.52. The first-order chi connectivity index (χ1) is 13.5. The van der Waals surface area contributed by atoms with Gasteiger partial charge in [0.15, 0.2) is 0 Å². The van der Waals surface area contributed by atoms with E-state index in [-0.39, 0.29) is 17.1 Å². The molecule has 0 bridgehead atoms. The molecule has 146 valence electrons. The molecule has 4 rings (SSSR count). The van der Waals surface area contributed by atoms with Crippen LogP contribution in [0.2, 0.25) is 0 Å². The minimum Gasteiger partial charge on any atom is -0.371 e. The number of benzene rings is 2. The standard InChI is InChI=1S/C22H25N3O2S/c1-15-21(26)23-18-13-16(9-10-20(18)28-15)22(27)24(2)14-17-7-3-4-8-19(17)25-11-5-6-12-25/h3-4,7-10,13,15H,5-6,11-12,14H2,1-2H3,(H,23,26). The van der Waals surface area contributed by atoms with Crippen molar-refractivity contribution >= 4 is 35.0 Å². The molecule has 1 saturated heterocycles. The van der Waals surface area contributed by atoms with Crippen LogP contribution in [0.4, 0.5) is 11.4 Å². The molecule has 0 saturated carbocycles. The first-order valence-corrected chi connectivity index (χ1v) is 10.6. The zero-order chi connectivity index (χ0) is 19.7.